The van der Waals surface area contributed by atoms with E-state index in [1.807, 2.05) is 48.5 Å². The first-order chi connectivity index (χ1) is 26.9. The Balaban J connectivity index is 1.56. The van der Waals surface area contributed by atoms with Crippen LogP contribution in [0.5, 0.6) is 0 Å². The summed E-state index contributed by atoms with van der Waals surface area (Å²) in [5, 5.41) is 5.36. The number of hydrogen-bond donors (Lipinski definition) is 1. The zero-order chi connectivity index (χ0) is 40.1. The van der Waals surface area contributed by atoms with Gasteiger partial charge in [-0.2, -0.15) is 0 Å². The number of ether oxygens (including phenoxy) is 2. The van der Waals surface area contributed by atoms with E-state index in [4.69, 9.17) is 18.9 Å². The third-order valence-corrected chi connectivity index (χ3v) is 10.1. The van der Waals surface area contributed by atoms with Crippen LogP contribution in [-0.2, 0) is 14.3 Å². The van der Waals surface area contributed by atoms with Gasteiger partial charge in [-0.05, 0) is 81.8 Å². The van der Waals surface area contributed by atoms with Crippen LogP contribution in [0, 0.1) is 0 Å². The van der Waals surface area contributed by atoms with Crippen LogP contribution in [0.2, 0.25) is 0 Å². The van der Waals surface area contributed by atoms with Crippen molar-refractivity contribution in [3.63, 3.8) is 0 Å². The van der Waals surface area contributed by atoms with Crippen molar-refractivity contribution in [2.24, 2.45) is 4.99 Å². The highest BCUT2D eigenvalue weighted by molar-refractivity contribution is 6.08. The Morgan fingerprint density at radius 2 is 1.30 bits per heavy atom. The summed E-state index contributed by atoms with van der Waals surface area (Å²) in [4.78, 5) is 30.5. The lowest BCUT2D eigenvalue weighted by atomic mass is 9.90. The lowest BCUT2D eigenvalue weighted by molar-refractivity contribution is -0.138. The summed E-state index contributed by atoms with van der Waals surface area (Å²) in [6.45, 7) is 20.9. The van der Waals surface area contributed by atoms with E-state index in [0.717, 1.165) is 45.0 Å². The Morgan fingerprint density at radius 1 is 0.696 bits per heavy atom. The van der Waals surface area contributed by atoms with Crippen molar-refractivity contribution in [3.05, 3.63) is 143 Å². The second-order valence-corrected chi connectivity index (χ2v) is 15.4. The predicted molar refractivity (Wildman–Crippen MR) is 227 cm³/mol. The molecule has 0 radical (unpaired) electrons. The first-order valence-corrected chi connectivity index (χ1v) is 19.5. The molecule has 4 aromatic carbocycles. The summed E-state index contributed by atoms with van der Waals surface area (Å²) in [5.74, 6) is 0.753. The minimum Gasteiger partial charge on any atom is -0.459 e. The van der Waals surface area contributed by atoms with Gasteiger partial charge in [-0.1, -0.05) is 117 Å². The largest absolute Gasteiger partial charge is 0.459 e. The van der Waals surface area contributed by atoms with Gasteiger partial charge in [0.1, 0.15) is 24.6 Å². The predicted octanol–water partition coefficient (Wildman–Crippen LogP) is 12.6. The molecule has 0 spiro atoms. The number of benzene rings is 5. The number of esters is 2. The molecule has 288 valence electrons. The Bertz CT molecular complexity index is 2380. The van der Waals surface area contributed by atoms with Gasteiger partial charge in [0.2, 0.25) is 0 Å². The minimum atomic E-state index is -0.575. The van der Waals surface area contributed by atoms with Crippen LogP contribution in [0.25, 0.3) is 33.4 Å². The standard InChI is InChI=1S/C49H52N2O5/c1-10-45(52)54-25-26-55-49(53)40-16-12-11-15-39(40)46-41-23-21-33(50-47-35(29(2)3)17-13-18-36(47)30(4)5)27-43(41)56-44-28-34(22-24-42(44)46)51-48-37(31(6)7)19-14-20-38(48)32(8)9/h10-24,27-32,50H,1,25-26H2,2-9H3. The summed E-state index contributed by atoms with van der Waals surface area (Å²) < 4.78 is 17.5. The Hall–Kier alpha value is -5.95. The summed E-state index contributed by atoms with van der Waals surface area (Å²) in [6, 6.07) is 32.5. The van der Waals surface area contributed by atoms with Crippen LogP contribution in [0.4, 0.5) is 17.1 Å². The zero-order valence-corrected chi connectivity index (χ0v) is 33.7. The van der Waals surface area contributed by atoms with E-state index in [-0.39, 0.29) is 13.2 Å². The molecule has 7 heteroatoms. The molecule has 0 saturated heterocycles. The van der Waals surface area contributed by atoms with Gasteiger partial charge in [-0.3, -0.25) is 0 Å². The van der Waals surface area contributed by atoms with Gasteiger partial charge < -0.3 is 19.2 Å². The molecule has 0 amide bonds. The number of anilines is 2. The highest BCUT2D eigenvalue weighted by Gasteiger charge is 2.23. The molecule has 1 heterocycles. The van der Waals surface area contributed by atoms with Gasteiger partial charge >= 0.3 is 11.9 Å². The van der Waals surface area contributed by atoms with Crippen molar-refractivity contribution < 1.29 is 23.5 Å². The Kier molecular flexibility index (Phi) is 12.2. The maximum absolute atomic E-state index is 13.7. The fraction of sp³-hybridized carbons (Fsp3) is 0.286. The van der Waals surface area contributed by atoms with Crippen LogP contribution < -0.4 is 10.7 Å². The number of nitrogens with one attached hydrogen (secondary N) is 1. The topological polar surface area (TPSA) is 90.1 Å². The van der Waals surface area contributed by atoms with Crippen LogP contribution in [-0.4, -0.2) is 25.2 Å². The van der Waals surface area contributed by atoms with E-state index in [9.17, 15) is 9.59 Å². The first-order valence-electron chi connectivity index (χ1n) is 19.5. The summed E-state index contributed by atoms with van der Waals surface area (Å²) in [7, 11) is 0. The van der Waals surface area contributed by atoms with E-state index in [1.165, 1.54) is 22.3 Å². The average Bonchev–Trinajstić information content (AvgIpc) is 3.18. The molecule has 2 aliphatic rings. The lowest BCUT2D eigenvalue weighted by Gasteiger charge is -2.22. The molecule has 6 rings (SSSR count). The molecule has 56 heavy (non-hydrogen) atoms. The monoisotopic (exact) mass is 748 g/mol. The fourth-order valence-corrected chi connectivity index (χ4v) is 7.22. The molecular weight excluding hydrogens is 697 g/mol. The molecule has 0 fully saturated rings. The molecule has 1 aliphatic heterocycles. The lowest BCUT2D eigenvalue weighted by Crippen LogP contribution is -2.13. The maximum atomic E-state index is 13.7. The average molecular weight is 749 g/mol. The number of carbonyl (C=O) groups excluding carboxylic acids is 2. The van der Waals surface area contributed by atoms with Gasteiger partial charge in [-0.25, -0.2) is 14.6 Å². The van der Waals surface area contributed by atoms with E-state index in [1.54, 1.807) is 6.07 Å². The SMILES string of the molecule is C=CC(=O)OCCOC(=O)c1ccccc1-c1c2ccc(=Nc3c(C(C)C)cccc3C(C)C)cc-2oc2cc(Nc3c(C(C)C)cccc3C(C)C)ccc12. The Labute approximate surface area is 330 Å². The van der Waals surface area contributed by atoms with Crippen molar-refractivity contribution in [3.8, 4) is 22.5 Å². The van der Waals surface area contributed by atoms with Crippen molar-refractivity contribution in [1.82, 2.24) is 0 Å². The number of nitrogens with zero attached hydrogens (tertiary/aromatic N) is 1. The third kappa shape index (κ3) is 8.47. The second kappa shape index (κ2) is 17.2. The molecule has 1 N–H and O–H groups in total. The fourth-order valence-electron chi connectivity index (χ4n) is 7.22. The van der Waals surface area contributed by atoms with Gasteiger partial charge in [-0.15, -0.1) is 0 Å². The van der Waals surface area contributed by atoms with E-state index in [0.29, 0.717) is 46.1 Å². The molecule has 1 aliphatic carbocycles. The first kappa shape index (κ1) is 39.7. The number of hydrogen-bond acceptors (Lipinski definition) is 7. The summed E-state index contributed by atoms with van der Waals surface area (Å²) >= 11 is 0. The van der Waals surface area contributed by atoms with Crippen LogP contribution >= 0.6 is 0 Å². The third-order valence-electron chi connectivity index (χ3n) is 10.1. The van der Waals surface area contributed by atoms with E-state index >= 15 is 0 Å². The highest BCUT2D eigenvalue weighted by Crippen LogP contribution is 2.43. The second-order valence-electron chi connectivity index (χ2n) is 15.4. The number of para-hydroxylation sites is 2. The van der Waals surface area contributed by atoms with Crippen molar-refractivity contribution >= 4 is 40.0 Å². The number of carbonyl (C=O) groups is 2. The molecule has 0 bridgehead atoms. The van der Waals surface area contributed by atoms with Gasteiger partial charge in [0.15, 0.2) is 0 Å². The van der Waals surface area contributed by atoms with Gasteiger partial charge in [0, 0.05) is 46.1 Å². The Morgan fingerprint density at radius 3 is 1.93 bits per heavy atom. The number of rotatable bonds is 13. The molecule has 4 aromatic rings. The van der Waals surface area contributed by atoms with Gasteiger partial charge in [0.05, 0.1) is 16.6 Å². The molecule has 7 nitrogen and oxygen atoms in total. The minimum absolute atomic E-state index is 0.0756. The maximum Gasteiger partial charge on any atom is 0.338 e. The molecule has 0 unspecified atom stereocenters. The van der Waals surface area contributed by atoms with E-state index in [2.05, 4.69) is 110 Å². The van der Waals surface area contributed by atoms with Crippen LogP contribution in [0.15, 0.2) is 119 Å². The van der Waals surface area contributed by atoms with Crippen molar-refractivity contribution in [2.75, 3.05) is 18.5 Å². The molecule has 0 saturated carbocycles. The van der Waals surface area contributed by atoms with Crippen molar-refractivity contribution in [2.45, 2.75) is 79.1 Å². The van der Waals surface area contributed by atoms with E-state index < -0.39 is 11.9 Å². The quantitative estimate of drug-likeness (QED) is 0.0547. The highest BCUT2D eigenvalue weighted by atomic mass is 16.6. The number of fused-ring (bicyclic) bond motifs is 2. The molecule has 0 aromatic heterocycles. The van der Waals surface area contributed by atoms with Crippen LogP contribution in [0.1, 0.15) is 112 Å². The zero-order valence-electron chi connectivity index (χ0n) is 33.7. The summed E-state index contributed by atoms with van der Waals surface area (Å²) in [5.41, 5.74) is 11.2. The van der Waals surface area contributed by atoms with Crippen molar-refractivity contribution in [1.29, 1.82) is 0 Å². The van der Waals surface area contributed by atoms with Gasteiger partial charge in [0.25, 0.3) is 0 Å². The molecule has 0 atom stereocenters. The molecular formula is C49H52N2O5. The normalized spacial score (nSPS) is 12.0. The smallest absolute Gasteiger partial charge is 0.338 e. The van der Waals surface area contributed by atoms with Crippen LogP contribution in [0.3, 0.4) is 0 Å². The summed E-state index contributed by atoms with van der Waals surface area (Å²) in [6.07, 6.45) is 1.08.